The zero-order valence-corrected chi connectivity index (χ0v) is 10.0. The van der Waals surface area contributed by atoms with Gasteiger partial charge in [-0.1, -0.05) is 0 Å². The van der Waals surface area contributed by atoms with Gasteiger partial charge in [0.25, 0.3) is 0 Å². The number of hydrogen-bond donors (Lipinski definition) is 0. The van der Waals surface area contributed by atoms with Crippen molar-refractivity contribution >= 4 is 11.7 Å². The summed E-state index contributed by atoms with van der Waals surface area (Å²) in [5, 5.41) is 0. The van der Waals surface area contributed by atoms with Crippen molar-refractivity contribution < 1.29 is 9.59 Å². The number of fused-ring (bicyclic) bond motifs is 1. The maximum absolute atomic E-state index is 11.7. The molecule has 3 heteroatoms. The Morgan fingerprint density at radius 3 is 2.38 bits per heavy atom. The van der Waals surface area contributed by atoms with Crippen molar-refractivity contribution in [1.82, 2.24) is 4.90 Å². The lowest BCUT2D eigenvalue weighted by molar-refractivity contribution is -0.136. The molecule has 3 rings (SSSR count). The van der Waals surface area contributed by atoms with E-state index in [2.05, 4.69) is 0 Å². The number of carbonyl (C=O) groups excluding carboxylic acids is 2. The van der Waals surface area contributed by atoms with Gasteiger partial charge in [0.1, 0.15) is 0 Å². The first-order valence-corrected chi connectivity index (χ1v) is 6.30. The molecule has 1 amide bonds. The van der Waals surface area contributed by atoms with Gasteiger partial charge in [-0.3, -0.25) is 9.59 Å². The fourth-order valence-electron chi connectivity index (χ4n) is 4.05. The van der Waals surface area contributed by atoms with Gasteiger partial charge in [-0.25, -0.2) is 0 Å². The van der Waals surface area contributed by atoms with E-state index in [9.17, 15) is 9.59 Å². The van der Waals surface area contributed by atoms with Crippen LogP contribution in [0.25, 0.3) is 0 Å². The van der Waals surface area contributed by atoms with E-state index < -0.39 is 0 Å². The Kier molecular flexibility index (Phi) is 1.99. The zero-order chi connectivity index (χ0) is 11.5. The van der Waals surface area contributed by atoms with Crippen LogP contribution in [-0.2, 0) is 9.59 Å². The number of nitrogens with zero attached hydrogens (tertiary/aromatic N) is 1. The molecule has 88 valence electrons. The van der Waals surface area contributed by atoms with Gasteiger partial charge in [0.05, 0.1) is 6.04 Å². The molecule has 3 nitrogen and oxygen atoms in total. The summed E-state index contributed by atoms with van der Waals surface area (Å²) in [5.41, 5.74) is 0.589. The second-order valence-electron chi connectivity index (χ2n) is 6.06. The van der Waals surface area contributed by atoms with Crippen LogP contribution in [0.1, 0.15) is 39.5 Å². The highest BCUT2D eigenvalue weighted by atomic mass is 16.2. The van der Waals surface area contributed by atoms with E-state index >= 15 is 0 Å². The minimum Gasteiger partial charge on any atom is -0.332 e. The third-order valence-corrected chi connectivity index (χ3v) is 4.92. The molecule has 3 aliphatic rings. The number of likely N-dealkylation sites (tertiary alicyclic amines) is 1. The van der Waals surface area contributed by atoms with Crippen molar-refractivity contribution in [3.05, 3.63) is 0 Å². The van der Waals surface area contributed by atoms with Gasteiger partial charge in [0.15, 0.2) is 5.78 Å². The lowest BCUT2D eigenvalue weighted by Crippen LogP contribution is -2.41. The number of amides is 1. The Bertz CT molecular complexity index is 359. The smallest absolute Gasteiger partial charge is 0.220 e. The normalized spacial score (nSPS) is 38.9. The molecule has 1 unspecified atom stereocenters. The Hall–Kier alpha value is -0.860. The van der Waals surface area contributed by atoms with Gasteiger partial charge < -0.3 is 4.90 Å². The summed E-state index contributed by atoms with van der Waals surface area (Å²) >= 11 is 0. The first kappa shape index (κ1) is 10.3. The van der Waals surface area contributed by atoms with Crippen LogP contribution in [0.2, 0.25) is 0 Å². The maximum Gasteiger partial charge on any atom is 0.220 e. The average Bonchev–Trinajstić information content (AvgIpc) is 2.65. The van der Waals surface area contributed by atoms with Gasteiger partial charge in [-0.15, -0.1) is 0 Å². The Morgan fingerprint density at radius 1 is 1.19 bits per heavy atom. The first-order valence-electron chi connectivity index (χ1n) is 6.30. The molecule has 0 aromatic rings. The molecule has 1 saturated heterocycles. The summed E-state index contributed by atoms with van der Waals surface area (Å²) in [5.74, 6) is 1.31. The van der Waals surface area contributed by atoms with Crippen LogP contribution < -0.4 is 0 Å². The highest BCUT2D eigenvalue weighted by Gasteiger charge is 2.59. The molecular weight excluding hydrogens is 202 g/mol. The third kappa shape index (κ3) is 1.33. The monoisotopic (exact) mass is 221 g/mol. The molecule has 0 radical (unpaired) electrons. The topological polar surface area (TPSA) is 37.4 Å². The summed E-state index contributed by atoms with van der Waals surface area (Å²) in [4.78, 5) is 25.1. The van der Waals surface area contributed by atoms with Gasteiger partial charge in [-0.2, -0.15) is 0 Å². The van der Waals surface area contributed by atoms with Crippen LogP contribution in [0.5, 0.6) is 0 Å². The summed E-state index contributed by atoms with van der Waals surface area (Å²) in [6.07, 6.45) is 5.15. The van der Waals surface area contributed by atoms with E-state index in [1.807, 2.05) is 4.90 Å². The van der Waals surface area contributed by atoms with Crippen LogP contribution in [0.3, 0.4) is 0 Å². The first-order chi connectivity index (χ1) is 7.52. The summed E-state index contributed by atoms with van der Waals surface area (Å²) in [7, 11) is 0. The second kappa shape index (κ2) is 3.08. The van der Waals surface area contributed by atoms with E-state index in [0.29, 0.717) is 17.3 Å². The van der Waals surface area contributed by atoms with Crippen LogP contribution in [0, 0.1) is 17.3 Å². The fraction of sp³-hybridized carbons (Fsp3) is 0.846. The minimum absolute atomic E-state index is 0.0689. The average molecular weight is 221 g/mol. The molecule has 0 aromatic heterocycles. The standard InChI is InChI=1S/C13H19NO2/c1-8(15)12-11-6-13(3-4-13)5-10(11)7-14(12)9(2)16/h10-12H,3-7H2,1-2H3/t10?,11-,12+/m0/s1. The van der Waals surface area contributed by atoms with Crippen LogP contribution >= 0.6 is 0 Å². The van der Waals surface area contributed by atoms with Crippen molar-refractivity contribution in [2.24, 2.45) is 17.3 Å². The quantitative estimate of drug-likeness (QED) is 0.674. The molecule has 1 heterocycles. The number of rotatable bonds is 1. The Morgan fingerprint density at radius 2 is 1.88 bits per heavy atom. The molecule has 1 aliphatic heterocycles. The summed E-state index contributed by atoms with van der Waals surface area (Å²) < 4.78 is 0. The van der Waals surface area contributed by atoms with E-state index in [4.69, 9.17) is 0 Å². The van der Waals surface area contributed by atoms with E-state index in [1.165, 1.54) is 25.7 Å². The highest BCUT2D eigenvalue weighted by Crippen LogP contribution is 2.64. The number of Topliss-reactive ketones (excluding diaryl/α,β-unsaturated/α-hetero) is 1. The molecule has 2 aliphatic carbocycles. The number of carbonyl (C=O) groups is 2. The lowest BCUT2D eigenvalue weighted by atomic mass is 9.91. The number of ketones is 1. The minimum atomic E-state index is -0.109. The van der Waals surface area contributed by atoms with Gasteiger partial charge >= 0.3 is 0 Å². The molecule has 3 atom stereocenters. The highest BCUT2D eigenvalue weighted by molar-refractivity contribution is 5.87. The van der Waals surface area contributed by atoms with Crippen molar-refractivity contribution in [2.75, 3.05) is 6.54 Å². The predicted molar refractivity (Wildman–Crippen MR) is 59.7 cm³/mol. The number of hydrogen-bond acceptors (Lipinski definition) is 2. The zero-order valence-electron chi connectivity index (χ0n) is 10.0. The SMILES string of the molecule is CC(=O)[C@@H]1[C@H]2CC3(CC3)CC2CN1C(C)=O. The molecule has 0 bridgehead atoms. The fourth-order valence-corrected chi connectivity index (χ4v) is 4.05. The predicted octanol–water partition coefficient (Wildman–Crippen LogP) is 1.61. The van der Waals surface area contributed by atoms with Gasteiger partial charge in [0.2, 0.25) is 5.91 Å². The van der Waals surface area contributed by atoms with Gasteiger partial charge in [0, 0.05) is 13.5 Å². The van der Waals surface area contributed by atoms with Crippen LogP contribution in [0.4, 0.5) is 0 Å². The maximum atomic E-state index is 11.7. The lowest BCUT2D eigenvalue weighted by Gasteiger charge is -2.25. The van der Waals surface area contributed by atoms with Crippen LogP contribution in [-0.4, -0.2) is 29.2 Å². The van der Waals surface area contributed by atoms with E-state index in [1.54, 1.807) is 13.8 Å². The van der Waals surface area contributed by atoms with Crippen molar-refractivity contribution in [3.8, 4) is 0 Å². The second-order valence-corrected chi connectivity index (χ2v) is 6.06. The molecule has 0 aromatic carbocycles. The van der Waals surface area contributed by atoms with Crippen molar-refractivity contribution in [2.45, 2.75) is 45.6 Å². The van der Waals surface area contributed by atoms with Gasteiger partial charge in [-0.05, 0) is 49.9 Å². The molecule has 2 saturated carbocycles. The van der Waals surface area contributed by atoms with Crippen LogP contribution in [0.15, 0.2) is 0 Å². The van der Waals surface area contributed by atoms with E-state index in [-0.39, 0.29) is 17.7 Å². The molecule has 16 heavy (non-hydrogen) atoms. The molecule has 1 spiro atoms. The molecule has 3 fully saturated rings. The summed E-state index contributed by atoms with van der Waals surface area (Å²) in [6, 6.07) is -0.109. The van der Waals surface area contributed by atoms with E-state index in [0.717, 1.165) is 6.54 Å². The summed E-state index contributed by atoms with van der Waals surface area (Å²) in [6.45, 7) is 4.05. The van der Waals surface area contributed by atoms with Crippen molar-refractivity contribution in [1.29, 1.82) is 0 Å². The van der Waals surface area contributed by atoms with Crippen molar-refractivity contribution in [3.63, 3.8) is 0 Å². The Labute approximate surface area is 96.2 Å². The molecule has 0 N–H and O–H groups in total. The Balaban J connectivity index is 1.85. The molecular formula is C13H19NO2. The third-order valence-electron chi connectivity index (χ3n) is 4.92. The largest absolute Gasteiger partial charge is 0.332 e.